The molecular weight excluding hydrogens is 218 g/mol. The zero-order valence-corrected chi connectivity index (χ0v) is 12.8. The quantitative estimate of drug-likeness (QED) is 0.711. The fraction of sp³-hybridized carbons (Fsp3) is 1.00. The first-order chi connectivity index (χ1) is 8.70. The van der Waals surface area contributed by atoms with Gasteiger partial charge in [-0.25, -0.2) is 0 Å². The summed E-state index contributed by atoms with van der Waals surface area (Å²) >= 11 is 0. The third kappa shape index (κ3) is 3.73. The van der Waals surface area contributed by atoms with Gasteiger partial charge < -0.3 is 5.32 Å². The Balaban J connectivity index is 1.85. The van der Waals surface area contributed by atoms with Crippen LogP contribution in [0.3, 0.4) is 0 Å². The van der Waals surface area contributed by atoms with Crippen molar-refractivity contribution in [2.45, 2.75) is 65.7 Å². The molecule has 0 spiro atoms. The van der Waals surface area contributed by atoms with E-state index < -0.39 is 0 Å². The summed E-state index contributed by atoms with van der Waals surface area (Å²) < 4.78 is 0. The molecule has 0 aromatic rings. The first kappa shape index (κ1) is 14.4. The summed E-state index contributed by atoms with van der Waals surface area (Å²) in [6, 6.07) is 0. The fourth-order valence-corrected chi connectivity index (χ4v) is 4.76. The molecule has 18 heavy (non-hydrogen) atoms. The lowest BCUT2D eigenvalue weighted by Gasteiger charge is -2.37. The third-order valence-electron chi connectivity index (χ3n) is 5.37. The van der Waals surface area contributed by atoms with E-state index in [1.807, 2.05) is 0 Å². The molecule has 0 saturated heterocycles. The minimum absolute atomic E-state index is 0.976. The van der Waals surface area contributed by atoms with Gasteiger partial charge in [-0.15, -0.1) is 0 Å². The van der Waals surface area contributed by atoms with E-state index in [2.05, 4.69) is 26.1 Å². The monoisotopic (exact) mass is 251 g/mol. The minimum Gasteiger partial charge on any atom is -0.316 e. The Labute approximate surface area is 114 Å². The molecule has 2 rings (SSSR count). The molecule has 2 fully saturated rings. The molecule has 1 nitrogen and oxygen atoms in total. The molecule has 2 aliphatic carbocycles. The van der Waals surface area contributed by atoms with Crippen LogP contribution in [0.4, 0.5) is 0 Å². The molecule has 4 unspecified atom stereocenters. The van der Waals surface area contributed by atoms with E-state index in [1.54, 1.807) is 0 Å². The maximum absolute atomic E-state index is 3.67. The van der Waals surface area contributed by atoms with E-state index >= 15 is 0 Å². The average Bonchev–Trinajstić information content (AvgIpc) is 2.76. The lowest BCUT2D eigenvalue weighted by Crippen LogP contribution is -2.32. The van der Waals surface area contributed by atoms with E-state index in [9.17, 15) is 0 Å². The molecule has 106 valence electrons. The van der Waals surface area contributed by atoms with Crippen molar-refractivity contribution in [3.63, 3.8) is 0 Å². The van der Waals surface area contributed by atoms with Crippen LogP contribution < -0.4 is 5.32 Å². The van der Waals surface area contributed by atoms with E-state index in [1.165, 1.54) is 58.0 Å². The number of nitrogens with one attached hydrogen (secondary N) is 1. The van der Waals surface area contributed by atoms with Crippen LogP contribution in [0.1, 0.15) is 65.7 Å². The number of hydrogen-bond donors (Lipinski definition) is 1. The van der Waals surface area contributed by atoms with Crippen molar-refractivity contribution in [2.24, 2.45) is 29.6 Å². The normalized spacial score (nSPS) is 41.2. The summed E-state index contributed by atoms with van der Waals surface area (Å²) in [5.41, 5.74) is 0. The lowest BCUT2D eigenvalue weighted by molar-refractivity contribution is 0.134. The first-order valence-electron chi connectivity index (χ1n) is 8.41. The standard InChI is InChI=1S/C17H33N/c1-4-8-18-12-15-6-5-7-17(15)16-10-13(2)9-14(3)11-16/h13-18H,4-12H2,1-3H3. The van der Waals surface area contributed by atoms with E-state index in [0.29, 0.717) is 0 Å². The predicted octanol–water partition coefficient (Wildman–Crippen LogP) is 4.47. The summed E-state index contributed by atoms with van der Waals surface area (Å²) in [5, 5.41) is 3.67. The SMILES string of the molecule is CCCNCC1CCCC1C1CC(C)CC(C)C1. The maximum atomic E-state index is 3.67. The van der Waals surface area contributed by atoms with Crippen LogP contribution in [0.15, 0.2) is 0 Å². The fourth-order valence-electron chi connectivity index (χ4n) is 4.76. The van der Waals surface area contributed by atoms with Crippen molar-refractivity contribution in [2.75, 3.05) is 13.1 Å². The smallest absolute Gasteiger partial charge is 0.00178 e. The van der Waals surface area contributed by atoms with Gasteiger partial charge in [-0.2, -0.15) is 0 Å². The molecule has 1 N–H and O–H groups in total. The van der Waals surface area contributed by atoms with Crippen molar-refractivity contribution < 1.29 is 0 Å². The van der Waals surface area contributed by atoms with E-state index in [4.69, 9.17) is 0 Å². The molecule has 0 aromatic carbocycles. The molecule has 0 amide bonds. The summed E-state index contributed by atoms with van der Waals surface area (Å²) in [7, 11) is 0. The Morgan fingerprint density at radius 1 is 1.00 bits per heavy atom. The second-order valence-electron chi connectivity index (χ2n) is 7.24. The number of rotatable bonds is 5. The zero-order chi connectivity index (χ0) is 13.0. The highest BCUT2D eigenvalue weighted by Gasteiger charge is 2.36. The van der Waals surface area contributed by atoms with Crippen LogP contribution in [0.25, 0.3) is 0 Å². The summed E-state index contributed by atoms with van der Waals surface area (Å²) in [5.74, 6) is 5.02. The molecule has 0 aromatic heterocycles. The second-order valence-corrected chi connectivity index (χ2v) is 7.24. The van der Waals surface area contributed by atoms with E-state index in [0.717, 1.165) is 29.6 Å². The molecule has 4 atom stereocenters. The van der Waals surface area contributed by atoms with Crippen LogP contribution in [0, 0.1) is 29.6 Å². The summed E-state index contributed by atoms with van der Waals surface area (Å²) in [4.78, 5) is 0. The van der Waals surface area contributed by atoms with Crippen LogP contribution in [-0.4, -0.2) is 13.1 Å². The molecule has 0 bridgehead atoms. The van der Waals surface area contributed by atoms with Crippen molar-refractivity contribution in [1.29, 1.82) is 0 Å². The van der Waals surface area contributed by atoms with Gasteiger partial charge in [-0.05, 0) is 81.2 Å². The van der Waals surface area contributed by atoms with Crippen LogP contribution >= 0.6 is 0 Å². The molecule has 0 heterocycles. The van der Waals surface area contributed by atoms with Crippen molar-refractivity contribution in [3.8, 4) is 0 Å². The molecule has 2 saturated carbocycles. The van der Waals surface area contributed by atoms with Gasteiger partial charge in [-0.3, -0.25) is 0 Å². The van der Waals surface area contributed by atoms with E-state index in [-0.39, 0.29) is 0 Å². The minimum atomic E-state index is 0.976. The maximum Gasteiger partial charge on any atom is -0.00178 e. The van der Waals surface area contributed by atoms with Gasteiger partial charge in [0.1, 0.15) is 0 Å². The zero-order valence-electron chi connectivity index (χ0n) is 12.8. The highest BCUT2D eigenvalue weighted by atomic mass is 14.9. The molecule has 1 heteroatoms. The van der Waals surface area contributed by atoms with Crippen LogP contribution in [0.2, 0.25) is 0 Å². The van der Waals surface area contributed by atoms with Crippen molar-refractivity contribution >= 4 is 0 Å². The van der Waals surface area contributed by atoms with Crippen LogP contribution in [-0.2, 0) is 0 Å². The second kappa shape index (κ2) is 6.93. The largest absolute Gasteiger partial charge is 0.316 e. The highest BCUT2D eigenvalue weighted by molar-refractivity contribution is 4.88. The molecule has 0 aliphatic heterocycles. The van der Waals surface area contributed by atoms with Gasteiger partial charge in [0.25, 0.3) is 0 Å². The highest BCUT2D eigenvalue weighted by Crippen LogP contribution is 2.45. The van der Waals surface area contributed by atoms with Crippen LogP contribution in [0.5, 0.6) is 0 Å². The van der Waals surface area contributed by atoms with Crippen molar-refractivity contribution in [1.82, 2.24) is 5.32 Å². The summed E-state index contributed by atoms with van der Waals surface area (Å²) in [6.07, 6.45) is 10.3. The Morgan fingerprint density at radius 3 is 2.39 bits per heavy atom. The van der Waals surface area contributed by atoms with Gasteiger partial charge in [0.2, 0.25) is 0 Å². The Kier molecular flexibility index (Phi) is 5.54. The predicted molar refractivity (Wildman–Crippen MR) is 79.7 cm³/mol. The average molecular weight is 251 g/mol. The lowest BCUT2D eigenvalue weighted by atomic mass is 9.69. The molecule has 2 aliphatic rings. The third-order valence-corrected chi connectivity index (χ3v) is 5.37. The van der Waals surface area contributed by atoms with Gasteiger partial charge in [-0.1, -0.05) is 27.2 Å². The van der Waals surface area contributed by atoms with Gasteiger partial charge in [0.05, 0.1) is 0 Å². The Bertz CT molecular complexity index is 228. The Hall–Kier alpha value is -0.0400. The summed E-state index contributed by atoms with van der Waals surface area (Å²) in [6.45, 7) is 9.71. The van der Waals surface area contributed by atoms with Crippen molar-refractivity contribution in [3.05, 3.63) is 0 Å². The van der Waals surface area contributed by atoms with Gasteiger partial charge in [0, 0.05) is 0 Å². The molecule has 0 radical (unpaired) electrons. The molecular formula is C17H33N. The van der Waals surface area contributed by atoms with Gasteiger partial charge >= 0.3 is 0 Å². The number of hydrogen-bond acceptors (Lipinski definition) is 1. The topological polar surface area (TPSA) is 12.0 Å². The Morgan fingerprint density at radius 2 is 1.72 bits per heavy atom. The van der Waals surface area contributed by atoms with Gasteiger partial charge in [0.15, 0.2) is 0 Å². The first-order valence-corrected chi connectivity index (χ1v) is 8.41.